The minimum Gasteiger partial charge on any atom is -0.493 e. The van der Waals surface area contributed by atoms with Gasteiger partial charge in [0, 0.05) is 30.3 Å². The minimum atomic E-state index is -1.97. The van der Waals surface area contributed by atoms with Crippen LogP contribution in [0, 0.1) is 17.7 Å². The van der Waals surface area contributed by atoms with Crippen molar-refractivity contribution in [2.24, 2.45) is 11.8 Å². The van der Waals surface area contributed by atoms with E-state index in [1.54, 1.807) is 24.3 Å². The minimum absolute atomic E-state index is 0.0102. The van der Waals surface area contributed by atoms with Gasteiger partial charge < -0.3 is 19.7 Å². The molecule has 0 bridgehead atoms. The summed E-state index contributed by atoms with van der Waals surface area (Å²) in [5.41, 5.74) is -0.0195. The van der Waals surface area contributed by atoms with E-state index in [4.69, 9.17) is 21.1 Å². The summed E-state index contributed by atoms with van der Waals surface area (Å²) in [5, 5.41) is 3.29. The van der Waals surface area contributed by atoms with Crippen molar-refractivity contribution in [3.63, 3.8) is 0 Å². The molecule has 1 aromatic carbocycles. The molecule has 48 heavy (non-hydrogen) atoms. The highest BCUT2D eigenvalue weighted by molar-refractivity contribution is 7.83. The van der Waals surface area contributed by atoms with Crippen molar-refractivity contribution < 1.29 is 27.7 Å². The van der Waals surface area contributed by atoms with Gasteiger partial charge in [-0.05, 0) is 102 Å². The maximum atomic E-state index is 14.3. The van der Waals surface area contributed by atoms with Crippen molar-refractivity contribution in [1.29, 1.82) is 0 Å². The fourth-order valence-corrected chi connectivity index (χ4v) is 6.46. The van der Waals surface area contributed by atoms with Crippen LogP contribution in [0.25, 0.3) is 11.3 Å². The van der Waals surface area contributed by atoms with E-state index < -0.39 is 28.3 Å². The standard InChI is InChI=1S/C35H45ClFN5O5S/c1-22(2)21-46-26-17-24(16-25(37)18-26)28-14-13-27(31(36)39-28)32(43)41-48(45)30-12-8-11-29(40-30)38-15-9-10-23-19-35(6,7)42(20-23)33(44)47-34(3,4)5/h8,11-14,16-18,22-23H,9-10,15,19-21H2,1-7H3,(H,38,40)(H,41,43). The molecule has 1 saturated heterocycles. The van der Waals surface area contributed by atoms with Crippen LogP contribution in [0.3, 0.4) is 0 Å². The van der Waals surface area contributed by atoms with E-state index in [2.05, 4.69) is 33.9 Å². The van der Waals surface area contributed by atoms with Crippen molar-refractivity contribution >= 4 is 40.4 Å². The number of nitrogens with one attached hydrogen (secondary N) is 2. The highest BCUT2D eigenvalue weighted by Gasteiger charge is 2.42. The van der Waals surface area contributed by atoms with Gasteiger partial charge in [0.2, 0.25) is 0 Å². The average Bonchev–Trinajstić information content (AvgIpc) is 3.31. The van der Waals surface area contributed by atoms with Crippen LogP contribution >= 0.6 is 11.6 Å². The number of hydrogen-bond donors (Lipinski definition) is 2. The van der Waals surface area contributed by atoms with E-state index in [1.165, 1.54) is 24.3 Å². The van der Waals surface area contributed by atoms with Crippen molar-refractivity contribution in [1.82, 2.24) is 19.6 Å². The quantitative estimate of drug-likeness (QED) is 0.146. The molecule has 1 fully saturated rings. The zero-order valence-electron chi connectivity index (χ0n) is 28.6. The van der Waals surface area contributed by atoms with E-state index in [9.17, 15) is 18.2 Å². The lowest BCUT2D eigenvalue weighted by Crippen LogP contribution is -2.45. The normalized spacial score (nSPS) is 16.5. The molecule has 13 heteroatoms. The second-order valence-corrected chi connectivity index (χ2v) is 15.5. The first-order chi connectivity index (χ1) is 22.5. The highest BCUT2D eigenvalue weighted by atomic mass is 35.5. The number of halogens is 2. The lowest BCUT2D eigenvalue weighted by Gasteiger charge is -2.33. The number of ether oxygens (including phenoxy) is 2. The van der Waals surface area contributed by atoms with Crippen LogP contribution in [0.4, 0.5) is 15.0 Å². The molecule has 2 amide bonds. The van der Waals surface area contributed by atoms with Gasteiger partial charge in [-0.1, -0.05) is 31.5 Å². The summed E-state index contributed by atoms with van der Waals surface area (Å²) in [6.07, 6.45) is 2.37. The third-order valence-corrected chi connectivity index (χ3v) is 8.88. The van der Waals surface area contributed by atoms with Crippen molar-refractivity contribution in [2.45, 2.75) is 83.9 Å². The van der Waals surface area contributed by atoms with E-state index >= 15 is 0 Å². The van der Waals surface area contributed by atoms with Gasteiger partial charge in [-0.2, -0.15) is 0 Å². The molecule has 3 aromatic rings. The third-order valence-electron chi connectivity index (χ3n) is 7.61. The molecular formula is C35H45ClFN5O5S. The van der Waals surface area contributed by atoms with Crippen LogP contribution in [0.1, 0.15) is 78.1 Å². The molecule has 2 N–H and O–H groups in total. The highest BCUT2D eigenvalue weighted by Crippen LogP contribution is 2.36. The van der Waals surface area contributed by atoms with Crippen LogP contribution in [0.2, 0.25) is 5.15 Å². The van der Waals surface area contributed by atoms with E-state index in [1.807, 2.05) is 39.5 Å². The Morgan fingerprint density at radius 2 is 1.90 bits per heavy atom. The fraction of sp³-hybridized carbons (Fsp3) is 0.486. The van der Waals surface area contributed by atoms with Crippen LogP contribution in [-0.2, 0) is 15.7 Å². The van der Waals surface area contributed by atoms with Crippen molar-refractivity contribution in [2.75, 3.05) is 25.0 Å². The lowest BCUT2D eigenvalue weighted by atomic mass is 9.93. The Balaban J connectivity index is 1.30. The molecule has 0 saturated carbocycles. The van der Waals surface area contributed by atoms with Gasteiger partial charge in [-0.15, -0.1) is 0 Å². The van der Waals surface area contributed by atoms with Crippen LogP contribution < -0.4 is 14.8 Å². The number of anilines is 1. The summed E-state index contributed by atoms with van der Waals surface area (Å²) in [6, 6.07) is 12.3. The molecule has 4 rings (SSSR count). The van der Waals surface area contributed by atoms with Gasteiger partial charge in [-0.25, -0.2) is 23.4 Å². The van der Waals surface area contributed by atoms with Gasteiger partial charge in [0.05, 0.1) is 17.9 Å². The van der Waals surface area contributed by atoms with E-state index in [-0.39, 0.29) is 33.3 Å². The molecule has 10 nitrogen and oxygen atoms in total. The number of aromatic nitrogens is 2. The Kier molecular flexibility index (Phi) is 12.1. The first-order valence-electron chi connectivity index (χ1n) is 16.1. The summed E-state index contributed by atoms with van der Waals surface area (Å²) in [6.45, 7) is 15.4. The molecule has 3 heterocycles. The Morgan fingerprint density at radius 1 is 1.15 bits per heavy atom. The van der Waals surface area contributed by atoms with Gasteiger partial charge in [-0.3, -0.25) is 9.52 Å². The molecule has 1 aliphatic rings. The maximum absolute atomic E-state index is 14.3. The predicted octanol–water partition coefficient (Wildman–Crippen LogP) is 7.65. The van der Waals surface area contributed by atoms with Gasteiger partial charge in [0.15, 0.2) is 16.0 Å². The Labute approximate surface area is 289 Å². The first-order valence-corrected chi connectivity index (χ1v) is 17.6. The molecule has 2 atom stereocenters. The molecule has 1 aliphatic heterocycles. The van der Waals surface area contributed by atoms with Gasteiger partial charge >= 0.3 is 6.09 Å². The summed E-state index contributed by atoms with van der Waals surface area (Å²) in [5.74, 6) is 0.313. The summed E-state index contributed by atoms with van der Waals surface area (Å²) in [4.78, 5) is 36.2. The number of hydrogen-bond acceptors (Lipinski definition) is 8. The fourth-order valence-electron chi connectivity index (χ4n) is 5.45. The topological polar surface area (TPSA) is 123 Å². The van der Waals surface area contributed by atoms with Gasteiger partial charge in [0.25, 0.3) is 5.91 Å². The van der Waals surface area contributed by atoms with Gasteiger partial charge in [0.1, 0.15) is 28.1 Å². The number of nitrogens with zero attached hydrogens (tertiary/aromatic N) is 3. The summed E-state index contributed by atoms with van der Waals surface area (Å²) < 4.78 is 41.0. The largest absolute Gasteiger partial charge is 0.493 e. The average molecular weight is 702 g/mol. The number of carbonyl (C=O) groups is 2. The SMILES string of the molecule is CC(C)COc1cc(F)cc(-c2ccc(C(=O)NS(=O)c3cccc(NCCCC4CN(C(=O)OC(C)(C)C)C(C)(C)C4)n3)c(Cl)n2)c1. The van der Waals surface area contributed by atoms with E-state index in [0.29, 0.717) is 48.4 Å². The molecule has 2 unspecified atom stereocenters. The number of amides is 2. The first kappa shape index (κ1) is 37.1. The number of likely N-dealkylation sites (tertiary alicyclic amines) is 1. The number of rotatable bonds is 12. The Hall–Kier alpha value is -3.77. The smallest absolute Gasteiger partial charge is 0.410 e. The number of carbonyl (C=O) groups excluding carboxylic acids is 2. The second kappa shape index (κ2) is 15.6. The van der Waals surface area contributed by atoms with Crippen molar-refractivity contribution in [3.8, 4) is 17.0 Å². The molecule has 0 spiro atoms. The summed E-state index contributed by atoms with van der Waals surface area (Å²) >= 11 is 6.35. The second-order valence-electron chi connectivity index (χ2n) is 14.0. The zero-order valence-corrected chi connectivity index (χ0v) is 30.1. The van der Waals surface area contributed by atoms with Crippen molar-refractivity contribution in [3.05, 3.63) is 65.1 Å². The third kappa shape index (κ3) is 10.4. The number of pyridine rings is 2. The summed E-state index contributed by atoms with van der Waals surface area (Å²) in [7, 11) is -1.97. The van der Waals surface area contributed by atoms with Crippen LogP contribution in [0.15, 0.2) is 53.6 Å². The Morgan fingerprint density at radius 3 is 2.58 bits per heavy atom. The maximum Gasteiger partial charge on any atom is 0.410 e. The number of benzene rings is 1. The Bertz CT molecular complexity index is 1650. The van der Waals surface area contributed by atoms with E-state index in [0.717, 1.165) is 19.3 Å². The molecule has 0 radical (unpaired) electrons. The van der Waals surface area contributed by atoms with Crippen LogP contribution in [0.5, 0.6) is 5.75 Å². The molecule has 260 valence electrons. The monoisotopic (exact) mass is 701 g/mol. The lowest BCUT2D eigenvalue weighted by molar-refractivity contribution is 0.0130. The zero-order chi connectivity index (χ0) is 35.2. The molecular weight excluding hydrogens is 657 g/mol. The molecule has 2 aromatic heterocycles. The van der Waals surface area contributed by atoms with Crippen LogP contribution in [-0.4, -0.2) is 61.9 Å². The predicted molar refractivity (Wildman–Crippen MR) is 186 cm³/mol. The molecule has 0 aliphatic carbocycles.